The minimum Gasteiger partial charge on any atom is -0.484 e. The van der Waals surface area contributed by atoms with Gasteiger partial charge in [-0.3, -0.25) is 20.4 Å². The molecule has 1 aromatic heterocycles. The molecule has 6 nitrogen and oxygen atoms in total. The third-order valence-corrected chi connectivity index (χ3v) is 3.80. The van der Waals surface area contributed by atoms with E-state index in [1.165, 1.54) is 6.08 Å². The number of nitriles is 1. The van der Waals surface area contributed by atoms with Crippen molar-refractivity contribution in [2.45, 2.75) is 6.92 Å². The Morgan fingerprint density at radius 2 is 1.96 bits per heavy atom. The molecular formula is C17H15N3O3S. The third kappa shape index (κ3) is 5.59. The van der Waals surface area contributed by atoms with Crippen LogP contribution in [0.4, 0.5) is 0 Å². The zero-order valence-electron chi connectivity index (χ0n) is 12.9. The Morgan fingerprint density at radius 1 is 1.21 bits per heavy atom. The Labute approximate surface area is 143 Å². The van der Waals surface area contributed by atoms with Gasteiger partial charge in [-0.25, -0.2) is 0 Å². The minimum atomic E-state index is -0.493. The summed E-state index contributed by atoms with van der Waals surface area (Å²) >= 11 is 1.57. The maximum atomic E-state index is 11.6. The van der Waals surface area contributed by atoms with Crippen molar-refractivity contribution < 1.29 is 14.3 Å². The van der Waals surface area contributed by atoms with E-state index in [4.69, 9.17) is 10.00 Å². The predicted octanol–water partition coefficient (Wildman–Crippen LogP) is 2.17. The maximum Gasteiger partial charge on any atom is 0.276 e. The van der Waals surface area contributed by atoms with Gasteiger partial charge in [-0.15, -0.1) is 11.3 Å². The number of nitrogens with zero attached hydrogens (tertiary/aromatic N) is 1. The zero-order valence-corrected chi connectivity index (χ0v) is 13.7. The Balaban J connectivity index is 1.71. The maximum absolute atomic E-state index is 11.6. The van der Waals surface area contributed by atoms with E-state index < -0.39 is 11.8 Å². The third-order valence-electron chi connectivity index (χ3n) is 2.84. The summed E-state index contributed by atoms with van der Waals surface area (Å²) in [5, 5.41) is 8.69. The van der Waals surface area contributed by atoms with Crippen molar-refractivity contribution in [2.75, 3.05) is 6.61 Å². The van der Waals surface area contributed by atoms with Gasteiger partial charge in [-0.1, -0.05) is 0 Å². The van der Waals surface area contributed by atoms with Crippen LogP contribution in [0, 0.1) is 18.3 Å². The van der Waals surface area contributed by atoms with Gasteiger partial charge in [-0.05, 0) is 49.4 Å². The second kappa shape index (κ2) is 8.50. The second-order valence-corrected chi connectivity index (χ2v) is 6.06. The molecule has 0 saturated heterocycles. The van der Waals surface area contributed by atoms with Gasteiger partial charge in [-0.2, -0.15) is 5.26 Å². The highest BCUT2D eigenvalue weighted by Gasteiger charge is 2.04. The molecule has 122 valence electrons. The highest BCUT2D eigenvalue weighted by Crippen LogP contribution is 2.16. The number of amides is 2. The van der Waals surface area contributed by atoms with E-state index in [9.17, 15) is 9.59 Å². The summed E-state index contributed by atoms with van der Waals surface area (Å²) in [5.74, 6) is -0.468. The number of hydrogen-bond donors (Lipinski definition) is 2. The number of rotatable bonds is 5. The fourth-order valence-corrected chi connectivity index (χ4v) is 2.46. The first-order valence-electron chi connectivity index (χ1n) is 7.03. The molecule has 0 aliphatic heterocycles. The van der Waals surface area contributed by atoms with Crippen molar-refractivity contribution in [1.29, 1.82) is 5.26 Å². The summed E-state index contributed by atoms with van der Waals surface area (Å²) in [6.45, 7) is 1.73. The van der Waals surface area contributed by atoms with Gasteiger partial charge in [0.15, 0.2) is 6.61 Å². The first kappa shape index (κ1) is 17.2. The topological polar surface area (TPSA) is 91.2 Å². The molecule has 0 aliphatic carbocycles. The van der Waals surface area contributed by atoms with Crippen molar-refractivity contribution in [1.82, 2.24) is 10.9 Å². The van der Waals surface area contributed by atoms with Crippen LogP contribution < -0.4 is 15.6 Å². The lowest BCUT2D eigenvalue weighted by Crippen LogP contribution is -2.43. The number of hydrazine groups is 1. The molecule has 2 amide bonds. The summed E-state index contributed by atoms with van der Waals surface area (Å²) in [5.41, 5.74) is 5.03. The van der Waals surface area contributed by atoms with Gasteiger partial charge in [0.1, 0.15) is 5.75 Å². The molecule has 1 aromatic carbocycles. The largest absolute Gasteiger partial charge is 0.484 e. The summed E-state index contributed by atoms with van der Waals surface area (Å²) in [7, 11) is 0. The van der Waals surface area contributed by atoms with Crippen LogP contribution in [0.1, 0.15) is 15.3 Å². The zero-order chi connectivity index (χ0) is 17.4. The number of carbonyl (C=O) groups is 2. The van der Waals surface area contributed by atoms with Crippen LogP contribution in [0.3, 0.4) is 0 Å². The highest BCUT2D eigenvalue weighted by atomic mass is 32.1. The van der Waals surface area contributed by atoms with Crippen molar-refractivity contribution in [3.05, 3.63) is 57.8 Å². The highest BCUT2D eigenvalue weighted by molar-refractivity contribution is 7.12. The molecule has 0 unspecified atom stereocenters. The summed E-state index contributed by atoms with van der Waals surface area (Å²) in [6, 6.07) is 12.2. The number of carbonyl (C=O) groups excluding carboxylic acids is 2. The lowest BCUT2D eigenvalue weighted by Gasteiger charge is -2.07. The molecule has 0 radical (unpaired) electrons. The summed E-state index contributed by atoms with van der Waals surface area (Å²) in [6.07, 6.45) is 3.01. The van der Waals surface area contributed by atoms with Crippen LogP contribution in [-0.4, -0.2) is 18.4 Å². The van der Waals surface area contributed by atoms with Crippen molar-refractivity contribution in [3.63, 3.8) is 0 Å². The van der Waals surface area contributed by atoms with Gasteiger partial charge in [0.2, 0.25) is 0 Å². The fourth-order valence-electron chi connectivity index (χ4n) is 1.68. The second-order valence-electron chi connectivity index (χ2n) is 4.74. The molecule has 0 bridgehead atoms. The number of hydrogen-bond acceptors (Lipinski definition) is 5. The SMILES string of the molecule is Cc1ccc(/C=C/C(=O)NNC(=O)COc2ccc(C#N)cc2)s1. The smallest absolute Gasteiger partial charge is 0.276 e. The molecule has 0 aliphatic rings. The number of benzene rings is 1. The quantitative estimate of drug-likeness (QED) is 0.644. The Morgan fingerprint density at radius 3 is 2.58 bits per heavy atom. The predicted molar refractivity (Wildman–Crippen MR) is 91.0 cm³/mol. The molecule has 2 aromatic rings. The minimum absolute atomic E-state index is 0.250. The number of ether oxygens (including phenoxy) is 1. The van der Waals surface area contributed by atoms with E-state index in [1.54, 1.807) is 41.7 Å². The lowest BCUT2D eigenvalue weighted by molar-refractivity contribution is -0.128. The van der Waals surface area contributed by atoms with Crippen LogP contribution in [0.15, 0.2) is 42.5 Å². The average molecular weight is 341 g/mol. The molecule has 2 N–H and O–H groups in total. The number of thiophene rings is 1. The van der Waals surface area contributed by atoms with Crippen LogP contribution >= 0.6 is 11.3 Å². The molecule has 24 heavy (non-hydrogen) atoms. The van der Waals surface area contributed by atoms with Crippen LogP contribution in [0.5, 0.6) is 5.75 Å². The Bertz CT molecular complexity index is 788. The van der Waals surface area contributed by atoms with Gasteiger partial charge < -0.3 is 4.74 Å². The molecule has 0 atom stereocenters. The van der Waals surface area contributed by atoms with Crippen molar-refractivity contribution in [3.8, 4) is 11.8 Å². The lowest BCUT2D eigenvalue weighted by atomic mass is 10.2. The molecular weight excluding hydrogens is 326 g/mol. The van der Waals surface area contributed by atoms with Crippen LogP contribution in [-0.2, 0) is 9.59 Å². The van der Waals surface area contributed by atoms with Gasteiger partial charge in [0.05, 0.1) is 11.6 Å². The van der Waals surface area contributed by atoms with E-state index in [2.05, 4.69) is 10.9 Å². The van der Waals surface area contributed by atoms with E-state index in [0.717, 1.165) is 9.75 Å². The van der Waals surface area contributed by atoms with Crippen LogP contribution in [0.2, 0.25) is 0 Å². The Hall–Kier alpha value is -3.11. The molecule has 7 heteroatoms. The van der Waals surface area contributed by atoms with E-state index in [-0.39, 0.29) is 6.61 Å². The fraction of sp³-hybridized carbons (Fsp3) is 0.118. The first-order valence-corrected chi connectivity index (χ1v) is 7.85. The first-order chi connectivity index (χ1) is 11.6. The molecule has 2 rings (SSSR count). The monoisotopic (exact) mass is 341 g/mol. The molecule has 0 spiro atoms. The molecule has 0 fully saturated rings. The van der Waals surface area contributed by atoms with E-state index >= 15 is 0 Å². The van der Waals surface area contributed by atoms with E-state index in [1.807, 2.05) is 25.1 Å². The van der Waals surface area contributed by atoms with Crippen molar-refractivity contribution >= 4 is 29.2 Å². The summed E-state index contributed by atoms with van der Waals surface area (Å²) < 4.78 is 5.24. The van der Waals surface area contributed by atoms with Gasteiger partial charge in [0, 0.05) is 15.8 Å². The number of aryl methyl sites for hydroxylation is 1. The Kier molecular flexibility index (Phi) is 6.11. The van der Waals surface area contributed by atoms with Crippen molar-refractivity contribution in [2.24, 2.45) is 0 Å². The van der Waals surface area contributed by atoms with Gasteiger partial charge >= 0.3 is 0 Å². The van der Waals surface area contributed by atoms with Crippen LogP contribution in [0.25, 0.3) is 6.08 Å². The average Bonchev–Trinajstić information content (AvgIpc) is 3.02. The van der Waals surface area contributed by atoms with Gasteiger partial charge in [0.25, 0.3) is 11.8 Å². The molecule has 0 saturated carbocycles. The summed E-state index contributed by atoms with van der Waals surface area (Å²) in [4.78, 5) is 25.3. The number of nitrogens with one attached hydrogen (secondary N) is 2. The normalized spacial score (nSPS) is 10.2. The standard InChI is InChI=1S/C17H15N3O3S/c1-12-2-7-15(24-12)8-9-16(21)19-20-17(22)11-23-14-5-3-13(10-18)4-6-14/h2-9H,11H2,1H3,(H,19,21)(H,20,22)/b9-8+. The molecule has 1 heterocycles. The van der Waals surface area contributed by atoms with E-state index in [0.29, 0.717) is 11.3 Å².